The predicted octanol–water partition coefficient (Wildman–Crippen LogP) is 6.92. The van der Waals surface area contributed by atoms with Crippen molar-refractivity contribution in [3.05, 3.63) is 104 Å². The zero-order valence-electron chi connectivity index (χ0n) is 24.1. The van der Waals surface area contributed by atoms with Crippen molar-refractivity contribution in [2.75, 3.05) is 20.3 Å². The molecule has 0 aromatic heterocycles. The van der Waals surface area contributed by atoms with Gasteiger partial charge in [0.25, 0.3) is 5.91 Å². The van der Waals surface area contributed by atoms with Crippen LogP contribution in [0.2, 0.25) is 10.0 Å². The topological polar surface area (TPSA) is 96.3 Å². The lowest BCUT2D eigenvalue weighted by Gasteiger charge is -2.44. The van der Waals surface area contributed by atoms with Gasteiger partial charge in [-0.15, -0.1) is 0 Å². The normalized spacial score (nSPS) is 21.7. The number of amides is 1. The zero-order chi connectivity index (χ0) is 31.1. The SMILES string of the molecule is CCC(O)(c1cc(F)c2c(c1)C(=O)N(C(c1ccc(Cl)cc1)C(C)C(=O)O)[C@]2(OC)c1ccc(Cl)cc1)C1CCOCC1. The van der Waals surface area contributed by atoms with E-state index in [1.165, 1.54) is 31.1 Å². The first-order valence-electron chi connectivity index (χ1n) is 14.3. The molecule has 0 radical (unpaired) electrons. The van der Waals surface area contributed by atoms with Gasteiger partial charge < -0.3 is 19.7 Å². The van der Waals surface area contributed by atoms with E-state index in [0.717, 1.165) is 0 Å². The number of carbonyl (C=O) groups is 2. The number of carboxylic acid groups (broad SMARTS) is 1. The van der Waals surface area contributed by atoms with Crippen molar-refractivity contribution in [3.63, 3.8) is 0 Å². The minimum atomic E-state index is -1.86. The molecule has 3 unspecified atom stereocenters. The molecular formula is C33H34Cl2FNO6. The average Bonchev–Trinajstić information content (AvgIpc) is 3.27. The highest BCUT2D eigenvalue weighted by Crippen LogP contribution is 2.53. The van der Waals surface area contributed by atoms with Crippen LogP contribution in [0.25, 0.3) is 0 Å². The summed E-state index contributed by atoms with van der Waals surface area (Å²) in [7, 11) is 1.35. The number of halogens is 3. The largest absolute Gasteiger partial charge is 0.481 e. The van der Waals surface area contributed by atoms with E-state index in [1.807, 2.05) is 6.92 Å². The van der Waals surface area contributed by atoms with E-state index in [-0.39, 0.29) is 22.6 Å². The Balaban J connectivity index is 1.79. The van der Waals surface area contributed by atoms with Crippen molar-refractivity contribution in [1.82, 2.24) is 4.90 Å². The van der Waals surface area contributed by atoms with Crippen LogP contribution in [-0.2, 0) is 25.6 Å². The van der Waals surface area contributed by atoms with Gasteiger partial charge in [-0.05, 0) is 79.6 Å². The average molecular weight is 631 g/mol. The summed E-state index contributed by atoms with van der Waals surface area (Å²) in [5.74, 6) is -3.89. The van der Waals surface area contributed by atoms with Gasteiger partial charge in [0.2, 0.25) is 0 Å². The minimum absolute atomic E-state index is 0.0118. The Morgan fingerprint density at radius 2 is 1.70 bits per heavy atom. The van der Waals surface area contributed by atoms with Gasteiger partial charge in [-0.3, -0.25) is 14.5 Å². The van der Waals surface area contributed by atoms with Crippen molar-refractivity contribution < 1.29 is 33.7 Å². The Kier molecular flexibility index (Phi) is 8.89. The molecule has 0 spiro atoms. The Hall–Kier alpha value is -3.01. The quantitative estimate of drug-likeness (QED) is 0.267. The molecule has 4 atom stereocenters. The molecular weight excluding hydrogens is 596 g/mol. The second-order valence-corrected chi connectivity index (χ2v) is 12.1. The van der Waals surface area contributed by atoms with Crippen molar-refractivity contribution in [2.45, 2.75) is 50.5 Å². The highest BCUT2D eigenvalue weighted by molar-refractivity contribution is 6.30. The Bertz CT molecular complexity index is 1510. The fourth-order valence-electron chi connectivity index (χ4n) is 6.72. The van der Waals surface area contributed by atoms with E-state index in [0.29, 0.717) is 53.6 Å². The Labute approximate surface area is 260 Å². The first-order chi connectivity index (χ1) is 20.5. The number of aliphatic carboxylic acids is 1. The molecule has 2 heterocycles. The van der Waals surface area contributed by atoms with Crippen molar-refractivity contribution in [3.8, 4) is 0 Å². The molecule has 0 saturated carbocycles. The third kappa shape index (κ3) is 5.23. The first kappa shape index (κ1) is 31.4. The second-order valence-electron chi connectivity index (χ2n) is 11.2. The summed E-state index contributed by atoms with van der Waals surface area (Å²) in [6.45, 7) is 4.27. The molecule has 0 bridgehead atoms. The van der Waals surface area contributed by atoms with Gasteiger partial charge in [0.1, 0.15) is 5.82 Å². The number of benzene rings is 3. The lowest BCUT2D eigenvalue weighted by Crippen LogP contribution is -2.51. The molecule has 43 heavy (non-hydrogen) atoms. The number of hydrogen-bond donors (Lipinski definition) is 2. The summed E-state index contributed by atoms with van der Waals surface area (Å²) in [5, 5.41) is 23.0. The van der Waals surface area contributed by atoms with Crippen molar-refractivity contribution in [2.24, 2.45) is 11.8 Å². The van der Waals surface area contributed by atoms with E-state index in [2.05, 4.69) is 0 Å². The number of carboxylic acids is 1. The lowest BCUT2D eigenvalue weighted by molar-refractivity contribution is -0.149. The van der Waals surface area contributed by atoms with E-state index in [9.17, 15) is 19.8 Å². The number of ether oxygens (including phenoxy) is 2. The van der Waals surface area contributed by atoms with E-state index in [1.54, 1.807) is 48.5 Å². The van der Waals surface area contributed by atoms with Crippen LogP contribution >= 0.6 is 23.2 Å². The monoisotopic (exact) mass is 629 g/mol. The highest BCUT2D eigenvalue weighted by atomic mass is 35.5. The van der Waals surface area contributed by atoms with Gasteiger partial charge in [0, 0.05) is 35.9 Å². The molecule has 10 heteroatoms. The van der Waals surface area contributed by atoms with Crippen LogP contribution in [0.5, 0.6) is 0 Å². The number of fused-ring (bicyclic) bond motifs is 1. The van der Waals surface area contributed by atoms with Crippen LogP contribution < -0.4 is 0 Å². The fraction of sp³-hybridized carbons (Fsp3) is 0.394. The van der Waals surface area contributed by atoms with Gasteiger partial charge in [0.15, 0.2) is 5.72 Å². The molecule has 2 aliphatic rings. The molecule has 1 saturated heterocycles. The molecule has 5 rings (SSSR count). The molecule has 228 valence electrons. The standard InChI is InChI=1S/C33H34Cl2FNO6/c1-4-32(41,21-13-15-43-16-14-21)23-17-26-28(27(36)18-23)33(42-3,22-7-11-25(35)12-8-22)37(30(26)38)29(19(2)31(39)40)20-5-9-24(34)10-6-20/h5-12,17-19,21,29,41H,4,13-16H2,1-3H3,(H,39,40)/t19?,29?,32?,33-/m0/s1. The smallest absolute Gasteiger partial charge is 0.308 e. The molecule has 0 aliphatic carbocycles. The zero-order valence-corrected chi connectivity index (χ0v) is 25.7. The number of methoxy groups -OCH3 is 1. The van der Waals surface area contributed by atoms with Crippen LogP contribution in [0.15, 0.2) is 60.7 Å². The summed E-state index contributed by atoms with van der Waals surface area (Å²) in [4.78, 5) is 28.5. The first-order valence-corrected chi connectivity index (χ1v) is 15.0. The van der Waals surface area contributed by atoms with Crippen molar-refractivity contribution >= 4 is 35.1 Å². The summed E-state index contributed by atoms with van der Waals surface area (Å²) in [5.41, 5.74) is -2.21. The molecule has 2 N–H and O–H groups in total. The van der Waals surface area contributed by atoms with E-state index < -0.39 is 41.0 Å². The van der Waals surface area contributed by atoms with Gasteiger partial charge in [-0.2, -0.15) is 0 Å². The van der Waals surface area contributed by atoms with Gasteiger partial charge in [-0.25, -0.2) is 4.39 Å². The van der Waals surface area contributed by atoms with Crippen LogP contribution in [0.1, 0.15) is 71.8 Å². The second kappa shape index (κ2) is 12.2. The lowest BCUT2D eigenvalue weighted by atomic mass is 9.74. The third-order valence-corrected chi connectivity index (χ3v) is 9.54. The molecule has 3 aromatic rings. The highest BCUT2D eigenvalue weighted by Gasteiger charge is 2.58. The maximum absolute atomic E-state index is 16.7. The summed E-state index contributed by atoms with van der Waals surface area (Å²) in [6, 6.07) is 14.7. The molecule has 1 amide bonds. The van der Waals surface area contributed by atoms with Gasteiger partial charge in [0.05, 0.1) is 28.7 Å². The number of carbonyl (C=O) groups excluding carboxylic acids is 1. The molecule has 2 aliphatic heterocycles. The molecule has 1 fully saturated rings. The van der Waals surface area contributed by atoms with Crippen LogP contribution in [-0.4, -0.2) is 47.3 Å². The molecule has 7 nitrogen and oxygen atoms in total. The number of hydrogen-bond acceptors (Lipinski definition) is 5. The fourth-order valence-corrected chi connectivity index (χ4v) is 6.97. The third-order valence-electron chi connectivity index (χ3n) is 9.04. The van der Waals surface area contributed by atoms with Crippen LogP contribution in [0.4, 0.5) is 4.39 Å². The van der Waals surface area contributed by atoms with E-state index in [4.69, 9.17) is 32.7 Å². The van der Waals surface area contributed by atoms with Gasteiger partial charge in [-0.1, -0.05) is 54.4 Å². The molecule has 3 aromatic carbocycles. The van der Waals surface area contributed by atoms with Crippen LogP contribution in [0.3, 0.4) is 0 Å². The Morgan fingerprint density at radius 3 is 2.23 bits per heavy atom. The predicted molar refractivity (Wildman–Crippen MR) is 161 cm³/mol. The van der Waals surface area contributed by atoms with Crippen LogP contribution in [0, 0.1) is 17.7 Å². The van der Waals surface area contributed by atoms with E-state index >= 15 is 4.39 Å². The number of nitrogens with zero attached hydrogens (tertiary/aromatic N) is 1. The van der Waals surface area contributed by atoms with Gasteiger partial charge >= 0.3 is 5.97 Å². The Morgan fingerprint density at radius 1 is 1.12 bits per heavy atom. The summed E-state index contributed by atoms with van der Waals surface area (Å²) < 4.78 is 28.4. The number of aliphatic hydroxyl groups is 1. The maximum Gasteiger partial charge on any atom is 0.308 e. The number of rotatable bonds is 9. The maximum atomic E-state index is 16.7. The summed E-state index contributed by atoms with van der Waals surface area (Å²) >= 11 is 12.4. The summed E-state index contributed by atoms with van der Waals surface area (Å²) in [6.07, 6.45) is 1.47. The minimum Gasteiger partial charge on any atom is -0.481 e. The van der Waals surface area contributed by atoms with Crippen molar-refractivity contribution in [1.29, 1.82) is 0 Å².